The Bertz CT molecular complexity index is 1130. The van der Waals surface area contributed by atoms with Crippen molar-refractivity contribution in [3.63, 3.8) is 0 Å². The molecule has 0 aliphatic rings. The van der Waals surface area contributed by atoms with Crippen molar-refractivity contribution in [1.82, 2.24) is 9.88 Å². The van der Waals surface area contributed by atoms with Gasteiger partial charge in [0.05, 0.1) is 18.3 Å². The van der Waals surface area contributed by atoms with E-state index in [0.29, 0.717) is 19.1 Å². The number of rotatable bonds is 8. The predicted molar refractivity (Wildman–Crippen MR) is 131 cm³/mol. The largest absolute Gasteiger partial charge is 0.390 e. The summed E-state index contributed by atoms with van der Waals surface area (Å²) in [4.78, 5) is 0. The Morgan fingerprint density at radius 2 is 1.55 bits per heavy atom. The summed E-state index contributed by atoms with van der Waals surface area (Å²) < 4.78 is 2.30. The maximum atomic E-state index is 10.9. The highest BCUT2D eigenvalue weighted by Crippen LogP contribution is 2.41. The summed E-state index contributed by atoms with van der Waals surface area (Å²) in [5.74, 6) is 0. The molecule has 2 atom stereocenters. The maximum Gasteiger partial charge on any atom is 0.0843 e. The topological polar surface area (TPSA) is 37.2 Å². The second-order valence-electron chi connectivity index (χ2n) is 8.46. The second-order valence-corrected chi connectivity index (χ2v) is 8.46. The summed E-state index contributed by atoms with van der Waals surface area (Å²) >= 11 is 0. The van der Waals surface area contributed by atoms with Gasteiger partial charge >= 0.3 is 0 Å². The Labute approximate surface area is 185 Å². The zero-order chi connectivity index (χ0) is 21.8. The quantitative estimate of drug-likeness (QED) is 0.371. The third kappa shape index (κ3) is 4.58. The number of hydrogen-bond donors (Lipinski definition) is 2. The minimum atomic E-state index is -0.475. The van der Waals surface area contributed by atoms with Crippen molar-refractivity contribution in [3.05, 3.63) is 84.4 Å². The number of aryl methyl sites for hydroxylation is 1. The Morgan fingerprint density at radius 3 is 2.19 bits per heavy atom. The van der Waals surface area contributed by atoms with Gasteiger partial charge in [-0.15, -0.1) is 0 Å². The van der Waals surface area contributed by atoms with Gasteiger partial charge in [-0.2, -0.15) is 0 Å². The van der Waals surface area contributed by atoms with Crippen LogP contribution in [0, 0.1) is 6.92 Å². The minimum absolute atomic E-state index is 0.396. The Kier molecular flexibility index (Phi) is 6.55. The van der Waals surface area contributed by atoms with Gasteiger partial charge in [0.1, 0.15) is 0 Å². The van der Waals surface area contributed by atoms with Crippen LogP contribution in [0.5, 0.6) is 0 Å². The summed E-state index contributed by atoms with van der Waals surface area (Å²) in [6, 6.07) is 28.1. The molecular weight excluding hydrogens is 380 g/mol. The summed E-state index contributed by atoms with van der Waals surface area (Å²) in [6.07, 6.45) is 0.572. The van der Waals surface area contributed by atoms with Crippen molar-refractivity contribution < 1.29 is 5.11 Å². The molecule has 0 amide bonds. The van der Waals surface area contributed by atoms with E-state index in [1.807, 2.05) is 6.07 Å². The first-order chi connectivity index (χ1) is 15.1. The number of aliphatic hydroxyl groups is 1. The van der Waals surface area contributed by atoms with Gasteiger partial charge in [0.15, 0.2) is 0 Å². The van der Waals surface area contributed by atoms with E-state index in [2.05, 4.69) is 103 Å². The van der Waals surface area contributed by atoms with E-state index < -0.39 is 6.10 Å². The van der Waals surface area contributed by atoms with Crippen LogP contribution in [0.15, 0.2) is 78.9 Å². The normalized spacial score (nSPS) is 13.4. The molecule has 0 saturated heterocycles. The van der Waals surface area contributed by atoms with Crippen molar-refractivity contribution >= 4 is 10.9 Å². The second kappa shape index (κ2) is 9.51. The molecule has 4 rings (SSSR count). The molecule has 4 aromatic rings. The maximum absolute atomic E-state index is 10.9. The van der Waals surface area contributed by atoms with Crippen molar-refractivity contribution in [3.8, 4) is 22.4 Å². The van der Waals surface area contributed by atoms with E-state index in [-0.39, 0.29) is 0 Å². The molecule has 3 nitrogen and oxygen atoms in total. The zero-order valence-corrected chi connectivity index (χ0v) is 18.7. The average Bonchev–Trinajstić information content (AvgIpc) is 3.11. The highest BCUT2D eigenvalue weighted by atomic mass is 16.3. The molecule has 0 unspecified atom stereocenters. The van der Waals surface area contributed by atoms with Gasteiger partial charge < -0.3 is 15.0 Å². The molecule has 1 heterocycles. The van der Waals surface area contributed by atoms with Gasteiger partial charge in [-0.1, -0.05) is 79.2 Å². The van der Waals surface area contributed by atoms with E-state index in [9.17, 15) is 5.11 Å². The fraction of sp³-hybridized carbons (Fsp3) is 0.286. The molecule has 0 aliphatic carbocycles. The van der Waals surface area contributed by atoms with E-state index in [1.54, 1.807) is 0 Å². The van der Waals surface area contributed by atoms with Crippen molar-refractivity contribution in [2.24, 2.45) is 0 Å². The molecule has 31 heavy (non-hydrogen) atoms. The summed E-state index contributed by atoms with van der Waals surface area (Å²) in [7, 11) is 0. The first-order valence-electron chi connectivity index (χ1n) is 11.2. The van der Waals surface area contributed by atoms with Crippen molar-refractivity contribution in [2.45, 2.75) is 45.9 Å². The number of hydrogen-bond acceptors (Lipinski definition) is 2. The first kappa shape index (κ1) is 21.4. The molecule has 2 N–H and O–H groups in total. The summed E-state index contributed by atoms with van der Waals surface area (Å²) in [6.45, 7) is 7.57. The van der Waals surface area contributed by atoms with Gasteiger partial charge in [0, 0.05) is 29.1 Å². The van der Waals surface area contributed by atoms with Crippen molar-refractivity contribution in [1.29, 1.82) is 0 Å². The fourth-order valence-electron chi connectivity index (χ4n) is 4.21. The lowest BCUT2D eigenvalue weighted by Gasteiger charge is -2.19. The summed E-state index contributed by atoms with van der Waals surface area (Å²) in [5, 5.41) is 15.6. The first-order valence-corrected chi connectivity index (χ1v) is 11.2. The van der Waals surface area contributed by atoms with Crippen LogP contribution in [0.4, 0.5) is 0 Å². The van der Waals surface area contributed by atoms with Crippen molar-refractivity contribution in [2.75, 3.05) is 6.54 Å². The third-order valence-corrected chi connectivity index (χ3v) is 6.04. The molecule has 0 aliphatic heterocycles. The number of nitrogens with zero attached hydrogens (tertiary/aromatic N) is 1. The van der Waals surface area contributed by atoms with E-state index >= 15 is 0 Å². The Hall–Kier alpha value is -2.88. The monoisotopic (exact) mass is 412 g/mol. The molecule has 3 aromatic carbocycles. The van der Waals surface area contributed by atoms with E-state index in [4.69, 9.17) is 0 Å². The van der Waals surface area contributed by atoms with Gasteiger partial charge in [-0.25, -0.2) is 0 Å². The average molecular weight is 413 g/mol. The third-order valence-electron chi connectivity index (χ3n) is 6.04. The fourth-order valence-corrected chi connectivity index (χ4v) is 4.21. The molecular formula is C28H32N2O. The molecule has 0 fully saturated rings. The van der Waals surface area contributed by atoms with Crippen LogP contribution in [0.25, 0.3) is 33.3 Å². The Morgan fingerprint density at radius 1 is 0.903 bits per heavy atom. The summed E-state index contributed by atoms with van der Waals surface area (Å²) in [5.41, 5.74) is 7.15. The molecule has 0 bridgehead atoms. The van der Waals surface area contributed by atoms with Crippen LogP contribution in [-0.4, -0.2) is 28.4 Å². The lowest BCUT2D eigenvalue weighted by molar-refractivity contribution is 0.150. The van der Waals surface area contributed by atoms with Crippen LogP contribution in [0.2, 0.25) is 0 Å². The van der Waals surface area contributed by atoms with Gasteiger partial charge in [0.25, 0.3) is 0 Å². The molecule has 160 valence electrons. The van der Waals surface area contributed by atoms with Gasteiger partial charge in [-0.3, -0.25) is 0 Å². The lowest BCUT2D eigenvalue weighted by Crippen LogP contribution is -2.35. The highest BCUT2D eigenvalue weighted by Gasteiger charge is 2.21. The number of fused-ring (bicyclic) bond motifs is 1. The SMILES string of the molecule is CC[C@H](C)NC[C@H](O)Cn1c(-c2ccccc2)c(-c2ccccc2)c2cc(C)ccc21. The standard InChI is InChI=1S/C28H32N2O/c1-4-21(3)29-18-24(31)19-30-26-16-15-20(2)17-25(26)27(22-11-7-5-8-12-22)28(30)23-13-9-6-10-14-23/h5-17,21,24,29,31H,4,18-19H2,1-3H3/t21-,24-/m0/s1. The highest BCUT2D eigenvalue weighted by molar-refractivity contribution is 6.04. The van der Waals surface area contributed by atoms with E-state index in [1.165, 1.54) is 22.1 Å². The van der Waals surface area contributed by atoms with Gasteiger partial charge in [-0.05, 0) is 43.5 Å². The predicted octanol–water partition coefficient (Wildman–Crippen LogP) is 6.03. The van der Waals surface area contributed by atoms with Crippen LogP contribution in [0.1, 0.15) is 25.8 Å². The van der Waals surface area contributed by atoms with Crippen LogP contribution in [-0.2, 0) is 6.54 Å². The molecule has 0 saturated carbocycles. The van der Waals surface area contributed by atoms with Crippen LogP contribution < -0.4 is 5.32 Å². The number of nitrogens with one attached hydrogen (secondary N) is 1. The molecule has 1 aromatic heterocycles. The van der Waals surface area contributed by atoms with Crippen LogP contribution in [0.3, 0.4) is 0 Å². The van der Waals surface area contributed by atoms with Gasteiger partial charge in [0.2, 0.25) is 0 Å². The number of aliphatic hydroxyl groups excluding tert-OH is 1. The lowest BCUT2D eigenvalue weighted by atomic mass is 9.98. The molecule has 0 radical (unpaired) electrons. The van der Waals surface area contributed by atoms with E-state index in [0.717, 1.165) is 23.2 Å². The Balaban J connectivity index is 1.90. The number of aromatic nitrogens is 1. The smallest absolute Gasteiger partial charge is 0.0843 e. The zero-order valence-electron chi connectivity index (χ0n) is 18.7. The number of benzene rings is 3. The molecule has 0 spiro atoms. The molecule has 3 heteroatoms. The van der Waals surface area contributed by atoms with Crippen LogP contribution >= 0.6 is 0 Å². The minimum Gasteiger partial charge on any atom is -0.390 e.